The van der Waals surface area contributed by atoms with Gasteiger partial charge < -0.3 is 34.3 Å². The van der Waals surface area contributed by atoms with Crippen molar-refractivity contribution in [2.75, 3.05) is 47.1 Å². The van der Waals surface area contributed by atoms with Gasteiger partial charge in [-0.15, -0.1) is 0 Å². The fourth-order valence-electron chi connectivity index (χ4n) is 3.43. The highest BCUT2D eigenvalue weighted by Crippen LogP contribution is 2.32. The van der Waals surface area contributed by atoms with Crippen LogP contribution in [0, 0.1) is 0 Å². The molecule has 1 heterocycles. The van der Waals surface area contributed by atoms with Crippen LogP contribution in [0.15, 0.2) is 18.2 Å². The van der Waals surface area contributed by atoms with Crippen LogP contribution in [0.4, 0.5) is 0 Å². The molecular weight excluding hydrogens is 376 g/mol. The average Bonchev–Trinajstić information content (AvgIpc) is 3.60. The third-order valence-electron chi connectivity index (χ3n) is 5.14. The highest BCUT2D eigenvalue weighted by atomic mass is 16.5. The van der Waals surface area contributed by atoms with Gasteiger partial charge in [-0.05, 0) is 30.5 Å². The first-order chi connectivity index (χ1) is 14.2. The van der Waals surface area contributed by atoms with Crippen molar-refractivity contribution in [1.29, 1.82) is 0 Å². The van der Waals surface area contributed by atoms with Crippen LogP contribution in [0.5, 0.6) is 11.5 Å². The minimum Gasteiger partial charge on any atom is -0.493 e. The topological polar surface area (TPSA) is 89.5 Å². The van der Waals surface area contributed by atoms with Gasteiger partial charge >= 0.3 is 0 Å². The number of nitrogens with zero attached hydrogens (tertiary/aromatic N) is 1. The monoisotopic (exact) mass is 408 g/mol. The smallest absolute Gasteiger partial charge is 0.253 e. The number of carbonyl (C=O) groups excluding carboxylic acids is 1. The van der Waals surface area contributed by atoms with Crippen molar-refractivity contribution in [3.05, 3.63) is 23.8 Å². The molecule has 1 amide bonds. The van der Waals surface area contributed by atoms with Crippen LogP contribution in [-0.4, -0.2) is 81.3 Å². The lowest BCUT2D eigenvalue weighted by molar-refractivity contribution is -0.153. The van der Waals surface area contributed by atoms with E-state index in [1.807, 2.05) is 23.1 Å². The van der Waals surface area contributed by atoms with E-state index in [1.165, 1.54) is 0 Å². The van der Waals surface area contributed by atoms with Crippen molar-refractivity contribution in [3.63, 3.8) is 0 Å². The molecule has 0 spiro atoms. The van der Waals surface area contributed by atoms with Crippen molar-refractivity contribution in [3.8, 4) is 11.5 Å². The van der Waals surface area contributed by atoms with Gasteiger partial charge in [-0.1, -0.05) is 6.07 Å². The molecule has 1 saturated heterocycles. The Bertz CT molecular complexity index is 667. The number of benzene rings is 1. The quantitative estimate of drug-likeness (QED) is 0.527. The van der Waals surface area contributed by atoms with E-state index in [-0.39, 0.29) is 24.7 Å². The Morgan fingerprint density at radius 3 is 2.76 bits per heavy atom. The lowest BCUT2D eigenvalue weighted by atomic mass is 10.1. The molecule has 0 aromatic heterocycles. The summed E-state index contributed by atoms with van der Waals surface area (Å²) in [5, 5.41) is 12.5. The summed E-state index contributed by atoms with van der Waals surface area (Å²) in [6.45, 7) is 2.59. The molecule has 29 heavy (non-hydrogen) atoms. The van der Waals surface area contributed by atoms with E-state index >= 15 is 0 Å². The second kappa shape index (κ2) is 10.8. The third kappa shape index (κ3) is 6.05. The molecule has 8 heteroatoms. The third-order valence-corrected chi connectivity index (χ3v) is 5.14. The summed E-state index contributed by atoms with van der Waals surface area (Å²) in [5.74, 6) is 1.30. The van der Waals surface area contributed by atoms with Crippen LogP contribution in [0.2, 0.25) is 0 Å². The SMILES string of the molecule is COCCCOc1cc(CN(C(=O)[C@H]2CNC[C@@H](CO)O2)C2CC2)ccc1OC. The molecule has 0 unspecified atom stereocenters. The zero-order chi connectivity index (χ0) is 20.6. The van der Waals surface area contributed by atoms with Crippen molar-refractivity contribution in [2.24, 2.45) is 0 Å². The molecule has 2 fully saturated rings. The van der Waals surface area contributed by atoms with Gasteiger partial charge in [0, 0.05) is 45.8 Å². The summed E-state index contributed by atoms with van der Waals surface area (Å²) >= 11 is 0. The van der Waals surface area contributed by atoms with Gasteiger partial charge in [0.15, 0.2) is 11.5 Å². The van der Waals surface area contributed by atoms with Crippen molar-refractivity contribution >= 4 is 5.91 Å². The Morgan fingerprint density at radius 2 is 2.07 bits per heavy atom. The Balaban J connectivity index is 1.67. The second-order valence-corrected chi connectivity index (χ2v) is 7.46. The summed E-state index contributed by atoms with van der Waals surface area (Å²) in [5.41, 5.74) is 0.982. The maximum absolute atomic E-state index is 13.1. The van der Waals surface area contributed by atoms with Crippen LogP contribution in [0.1, 0.15) is 24.8 Å². The molecular formula is C21H32N2O6. The molecule has 1 aliphatic carbocycles. The highest BCUT2D eigenvalue weighted by Gasteiger charge is 2.38. The van der Waals surface area contributed by atoms with Gasteiger partial charge in [0.2, 0.25) is 0 Å². The van der Waals surface area contributed by atoms with Crippen molar-refractivity contribution in [1.82, 2.24) is 10.2 Å². The Labute approximate surface area is 172 Å². The number of carbonyl (C=O) groups is 1. The van der Waals surface area contributed by atoms with E-state index < -0.39 is 6.10 Å². The standard InChI is InChI=1S/C21H32N2O6/c1-26-8-3-9-28-19-10-15(4-7-18(19)27-2)13-23(16-5-6-16)21(25)20-12-22-11-17(14-24)29-20/h4,7,10,16-17,20,22,24H,3,5-6,8-9,11-14H2,1-2H3/t17-,20+/m0/s1. The predicted molar refractivity (Wildman–Crippen MR) is 107 cm³/mol. The van der Waals surface area contributed by atoms with Crippen LogP contribution < -0.4 is 14.8 Å². The molecule has 0 radical (unpaired) electrons. The normalized spacial score (nSPS) is 21.6. The summed E-state index contributed by atoms with van der Waals surface area (Å²) in [4.78, 5) is 15.0. The first kappa shape index (κ1) is 21.8. The number of hydrogen-bond donors (Lipinski definition) is 2. The van der Waals surface area contributed by atoms with E-state index in [0.717, 1.165) is 24.8 Å². The van der Waals surface area contributed by atoms with Crippen molar-refractivity contribution in [2.45, 2.75) is 44.1 Å². The minimum atomic E-state index is -0.565. The van der Waals surface area contributed by atoms with Gasteiger partial charge in [-0.2, -0.15) is 0 Å². The molecule has 1 aromatic rings. The number of methoxy groups -OCH3 is 2. The van der Waals surface area contributed by atoms with Gasteiger partial charge in [-0.3, -0.25) is 4.79 Å². The highest BCUT2D eigenvalue weighted by molar-refractivity contribution is 5.82. The maximum Gasteiger partial charge on any atom is 0.253 e. The average molecular weight is 408 g/mol. The Kier molecular flexibility index (Phi) is 8.11. The maximum atomic E-state index is 13.1. The molecule has 8 nitrogen and oxygen atoms in total. The van der Waals surface area contributed by atoms with Crippen LogP contribution in [0.3, 0.4) is 0 Å². The number of morpholine rings is 1. The number of aliphatic hydroxyl groups excluding tert-OH is 1. The number of nitrogens with one attached hydrogen (secondary N) is 1. The van der Waals surface area contributed by atoms with E-state index in [0.29, 0.717) is 44.3 Å². The van der Waals surface area contributed by atoms with Crippen LogP contribution >= 0.6 is 0 Å². The van der Waals surface area contributed by atoms with E-state index in [2.05, 4.69) is 5.32 Å². The Hall–Kier alpha value is -1.87. The fraction of sp³-hybridized carbons (Fsp3) is 0.667. The predicted octanol–water partition coefficient (Wildman–Crippen LogP) is 0.951. The number of hydrogen-bond acceptors (Lipinski definition) is 7. The molecule has 0 bridgehead atoms. The summed E-state index contributed by atoms with van der Waals surface area (Å²) in [6.07, 6.45) is 1.89. The molecule has 2 aliphatic rings. The summed E-state index contributed by atoms with van der Waals surface area (Å²) in [6, 6.07) is 6.01. The van der Waals surface area contributed by atoms with E-state index in [9.17, 15) is 9.90 Å². The zero-order valence-electron chi connectivity index (χ0n) is 17.3. The summed E-state index contributed by atoms with van der Waals surface area (Å²) in [7, 11) is 3.28. The lowest BCUT2D eigenvalue weighted by Gasteiger charge is -2.33. The zero-order valence-corrected chi connectivity index (χ0v) is 17.3. The fourth-order valence-corrected chi connectivity index (χ4v) is 3.43. The van der Waals surface area contributed by atoms with E-state index in [1.54, 1.807) is 14.2 Å². The van der Waals surface area contributed by atoms with Crippen LogP contribution in [-0.2, 0) is 20.8 Å². The molecule has 1 aliphatic heterocycles. The first-order valence-electron chi connectivity index (χ1n) is 10.2. The molecule has 2 N–H and O–H groups in total. The van der Waals surface area contributed by atoms with Crippen LogP contribution in [0.25, 0.3) is 0 Å². The number of aliphatic hydroxyl groups is 1. The molecule has 162 valence electrons. The van der Waals surface area contributed by atoms with Gasteiger partial charge in [0.05, 0.1) is 26.4 Å². The number of amides is 1. The van der Waals surface area contributed by atoms with Crippen molar-refractivity contribution < 1.29 is 28.8 Å². The first-order valence-corrected chi connectivity index (χ1v) is 10.2. The van der Waals surface area contributed by atoms with Gasteiger partial charge in [0.25, 0.3) is 5.91 Å². The molecule has 1 saturated carbocycles. The molecule has 1 aromatic carbocycles. The van der Waals surface area contributed by atoms with Gasteiger partial charge in [0.1, 0.15) is 6.10 Å². The lowest BCUT2D eigenvalue weighted by Crippen LogP contribution is -2.53. The largest absolute Gasteiger partial charge is 0.493 e. The van der Waals surface area contributed by atoms with E-state index in [4.69, 9.17) is 18.9 Å². The van der Waals surface area contributed by atoms with Gasteiger partial charge in [-0.25, -0.2) is 0 Å². The second-order valence-electron chi connectivity index (χ2n) is 7.46. The minimum absolute atomic E-state index is 0.0310. The number of rotatable bonds is 11. The molecule has 2 atom stereocenters. The Morgan fingerprint density at radius 1 is 1.24 bits per heavy atom. The number of ether oxygens (including phenoxy) is 4. The molecule has 3 rings (SSSR count). The summed E-state index contributed by atoms with van der Waals surface area (Å²) < 4.78 is 22.1.